The molecule has 0 N–H and O–H groups in total. The van der Waals surface area contributed by atoms with Crippen LogP contribution >= 0.6 is 11.6 Å². The maximum Gasteiger partial charge on any atom is 0.341 e. The Morgan fingerprint density at radius 3 is 2.68 bits per heavy atom. The molecule has 2 aromatic carbocycles. The molecule has 4 heteroatoms. The zero-order valence-electron chi connectivity index (χ0n) is 10.3. The van der Waals surface area contributed by atoms with Crippen LogP contribution in [-0.4, -0.2) is 5.97 Å². The topological polar surface area (TPSA) is 26.3 Å². The summed E-state index contributed by atoms with van der Waals surface area (Å²) in [6, 6.07) is 11.7. The molecule has 0 aromatic heterocycles. The van der Waals surface area contributed by atoms with Gasteiger partial charge in [-0.2, -0.15) is 0 Å². The molecule has 0 saturated heterocycles. The lowest BCUT2D eigenvalue weighted by molar-refractivity contribution is 0.0467. The first-order chi connectivity index (χ1) is 9.09. The lowest BCUT2D eigenvalue weighted by Crippen LogP contribution is -2.08. The van der Waals surface area contributed by atoms with Gasteiger partial charge < -0.3 is 4.74 Å². The molecule has 0 radical (unpaired) electrons. The Hall–Kier alpha value is -1.87. The zero-order valence-corrected chi connectivity index (χ0v) is 11.1. The van der Waals surface area contributed by atoms with Gasteiger partial charge in [0.15, 0.2) is 0 Å². The summed E-state index contributed by atoms with van der Waals surface area (Å²) in [5, 5.41) is 0.514. The van der Waals surface area contributed by atoms with Gasteiger partial charge in [-0.05, 0) is 24.6 Å². The van der Waals surface area contributed by atoms with Gasteiger partial charge in [0.05, 0.1) is 5.56 Å². The average molecular weight is 279 g/mol. The SMILES string of the molecule is Cc1cccc(C(=O)OCc2ccccc2Cl)c1F. The van der Waals surface area contributed by atoms with Crippen LogP contribution in [-0.2, 0) is 11.3 Å². The van der Waals surface area contributed by atoms with E-state index < -0.39 is 11.8 Å². The highest BCUT2D eigenvalue weighted by Gasteiger charge is 2.14. The number of ether oxygens (including phenoxy) is 1. The molecule has 2 nitrogen and oxygen atoms in total. The predicted molar refractivity (Wildman–Crippen MR) is 71.7 cm³/mol. The number of halogens is 2. The fourth-order valence-electron chi connectivity index (χ4n) is 1.64. The second-order valence-electron chi connectivity index (χ2n) is 4.10. The van der Waals surface area contributed by atoms with Crippen molar-refractivity contribution in [3.63, 3.8) is 0 Å². The molecule has 0 aliphatic heterocycles. The Morgan fingerprint density at radius 2 is 1.95 bits per heavy atom. The van der Waals surface area contributed by atoms with Crippen LogP contribution in [0.25, 0.3) is 0 Å². The molecule has 0 aliphatic carbocycles. The van der Waals surface area contributed by atoms with Crippen molar-refractivity contribution < 1.29 is 13.9 Å². The third-order valence-electron chi connectivity index (χ3n) is 2.73. The summed E-state index contributed by atoms with van der Waals surface area (Å²) in [7, 11) is 0. The summed E-state index contributed by atoms with van der Waals surface area (Å²) in [6.45, 7) is 1.62. The first-order valence-corrected chi connectivity index (χ1v) is 6.13. The molecule has 0 heterocycles. The van der Waals surface area contributed by atoms with Crippen LogP contribution in [0.5, 0.6) is 0 Å². The van der Waals surface area contributed by atoms with Gasteiger partial charge in [0, 0.05) is 10.6 Å². The van der Waals surface area contributed by atoms with Gasteiger partial charge >= 0.3 is 5.97 Å². The van der Waals surface area contributed by atoms with Crippen LogP contribution < -0.4 is 0 Å². The monoisotopic (exact) mass is 278 g/mol. The highest BCUT2D eigenvalue weighted by atomic mass is 35.5. The summed E-state index contributed by atoms with van der Waals surface area (Å²) >= 11 is 5.94. The molecular weight excluding hydrogens is 267 g/mol. The van der Waals surface area contributed by atoms with Crippen molar-refractivity contribution in [2.24, 2.45) is 0 Å². The van der Waals surface area contributed by atoms with Crippen molar-refractivity contribution in [2.45, 2.75) is 13.5 Å². The molecule has 2 rings (SSSR count). The first kappa shape index (κ1) is 13.6. The second kappa shape index (κ2) is 5.85. The summed E-state index contributed by atoms with van der Waals surface area (Å²) in [6.07, 6.45) is 0. The summed E-state index contributed by atoms with van der Waals surface area (Å²) in [5.74, 6) is -1.24. The van der Waals surface area contributed by atoms with Crippen LogP contribution in [0.15, 0.2) is 42.5 Å². The minimum Gasteiger partial charge on any atom is -0.457 e. The molecule has 2 aromatic rings. The molecule has 0 aliphatic rings. The Labute approximate surface area is 115 Å². The van der Waals surface area contributed by atoms with E-state index in [0.29, 0.717) is 16.1 Å². The molecule has 0 fully saturated rings. The number of hydrogen-bond acceptors (Lipinski definition) is 2. The van der Waals surface area contributed by atoms with Gasteiger partial charge in [-0.25, -0.2) is 9.18 Å². The minimum atomic E-state index is -0.693. The Balaban J connectivity index is 2.10. The van der Waals surface area contributed by atoms with Gasteiger partial charge in [-0.1, -0.05) is 41.9 Å². The highest BCUT2D eigenvalue weighted by molar-refractivity contribution is 6.31. The number of aryl methyl sites for hydroxylation is 1. The molecule has 98 valence electrons. The Bertz CT molecular complexity index is 611. The standard InChI is InChI=1S/C15H12ClFO2/c1-10-5-4-7-12(14(10)17)15(18)19-9-11-6-2-3-8-13(11)16/h2-8H,9H2,1H3. The number of esters is 1. The molecule has 0 atom stereocenters. The van der Waals surface area contributed by atoms with E-state index in [-0.39, 0.29) is 12.2 Å². The zero-order chi connectivity index (χ0) is 13.8. The van der Waals surface area contributed by atoms with Gasteiger partial charge in [-0.3, -0.25) is 0 Å². The molecule has 0 unspecified atom stereocenters. The summed E-state index contributed by atoms with van der Waals surface area (Å²) < 4.78 is 18.8. The number of rotatable bonds is 3. The smallest absolute Gasteiger partial charge is 0.341 e. The van der Waals surface area contributed by atoms with E-state index in [1.54, 1.807) is 43.3 Å². The van der Waals surface area contributed by atoms with Gasteiger partial charge in [0.2, 0.25) is 0 Å². The largest absolute Gasteiger partial charge is 0.457 e. The minimum absolute atomic E-state index is 0.0197. The van der Waals surface area contributed by atoms with E-state index >= 15 is 0 Å². The van der Waals surface area contributed by atoms with E-state index in [4.69, 9.17) is 16.3 Å². The van der Waals surface area contributed by atoms with Crippen LogP contribution in [0.4, 0.5) is 4.39 Å². The summed E-state index contributed by atoms with van der Waals surface area (Å²) in [5.41, 5.74) is 1.03. The average Bonchev–Trinajstić information content (AvgIpc) is 2.40. The number of carbonyl (C=O) groups excluding carboxylic acids is 1. The van der Waals surface area contributed by atoms with E-state index in [1.165, 1.54) is 6.07 Å². The number of benzene rings is 2. The quantitative estimate of drug-likeness (QED) is 0.789. The van der Waals surface area contributed by atoms with Crippen molar-refractivity contribution in [1.29, 1.82) is 0 Å². The fourth-order valence-corrected chi connectivity index (χ4v) is 1.83. The highest BCUT2D eigenvalue weighted by Crippen LogP contribution is 2.18. The lowest BCUT2D eigenvalue weighted by atomic mass is 10.1. The van der Waals surface area contributed by atoms with Gasteiger partial charge in [0.25, 0.3) is 0 Å². The van der Waals surface area contributed by atoms with Crippen LogP contribution in [0, 0.1) is 12.7 Å². The third kappa shape index (κ3) is 3.12. The predicted octanol–water partition coefficient (Wildman–Crippen LogP) is 4.14. The molecular formula is C15H12ClFO2. The first-order valence-electron chi connectivity index (χ1n) is 5.75. The molecule has 19 heavy (non-hydrogen) atoms. The third-order valence-corrected chi connectivity index (χ3v) is 3.10. The van der Waals surface area contributed by atoms with E-state index in [1.807, 2.05) is 0 Å². The molecule has 0 bridgehead atoms. The maximum atomic E-state index is 13.7. The summed E-state index contributed by atoms with van der Waals surface area (Å²) in [4.78, 5) is 11.8. The van der Waals surface area contributed by atoms with Crippen molar-refractivity contribution in [2.75, 3.05) is 0 Å². The molecule has 0 amide bonds. The molecule has 0 saturated carbocycles. The lowest BCUT2D eigenvalue weighted by Gasteiger charge is -2.08. The van der Waals surface area contributed by atoms with Crippen LogP contribution in [0.2, 0.25) is 5.02 Å². The van der Waals surface area contributed by atoms with Crippen molar-refractivity contribution in [3.05, 3.63) is 70.0 Å². The van der Waals surface area contributed by atoms with Gasteiger partial charge in [-0.15, -0.1) is 0 Å². The van der Waals surface area contributed by atoms with Crippen molar-refractivity contribution in [3.8, 4) is 0 Å². The number of hydrogen-bond donors (Lipinski definition) is 0. The van der Waals surface area contributed by atoms with Crippen molar-refractivity contribution >= 4 is 17.6 Å². The van der Waals surface area contributed by atoms with Crippen LogP contribution in [0.1, 0.15) is 21.5 Å². The van der Waals surface area contributed by atoms with Gasteiger partial charge in [0.1, 0.15) is 12.4 Å². The number of carbonyl (C=O) groups is 1. The Morgan fingerprint density at radius 1 is 1.21 bits per heavy atom. The molecule has 0 spiro atoms. The van der Waals surface area contributed by atoms with Crippen molar-refractivity contribution in [1.82, 2.24) is 0 Å². The maximum absolute atomic E-state index is 13.7. The van der Waals surface area contributed by atoms with E-state index in [9.17, 15) is 9.18 Å². The second-order valence-corrected chi connectivity index (χ2v) is 4.51. The normalized spacial score (nSPS) is 10.3. The van der Waals surface area contributed by atoms with Crippen LogP contribution in [0.3, 0.4) is 0 Å². The van der Waals surface area contributed by atoms with E-state index in [0.717, 1.165) is 0 Å². The fraction of sp³-hybridized carbons (Fsp3) is 0.133. The Kier molecular flexibility index (Phi) is 4.17. The van der Waals surface area contributed by atoms with E-state index in [2.05, 4.69) is 0 Å².